The van der Waals surface area contributed by atoms with Gasteiger partial charge in [-0.15, -0.1) is 11.3 Å². The summed E-state index contributed by atoms with van der Waals surface area (Å²) in [4.78, 5) is 28.6. The molecule has 2 aromatic rings. The maximum atomic E-state index is 12.4. The van der Waals surface area contributed by atoms with Crippen LogP contribution in [0.4, 0.5) is 0 Å². The van der Waals surface area contributed by atoms with E-state index in [9.17, 15) is 9.59 Å². The molecule has 3 rings (SSSR count). The fourth-order valence-electron chi connectivity index (χ4n) is 2.27. The van der Waals surface area contributed by atoms with Gasteiger partial charge in [-0.1, -0.05) is 30.3 Å². The van der Waals surface area contributed by atoms with Crippen LogP contribution in [0, 0.1) is 0 Å². The molecule has 1 aliphatic rings. The first kappa shape index (κ1) is 16.4. The standard InChI is InChI=1S/C18H19N3O2S/c22-17(9-8-15-11-24-12-19-15)21-16(18(23)20-14-6-7-14)10-13-4-2-1-3-5-13/h1-5,8-9,11-12,14,16H,6-7,10H2,(H,20,23)(H,21,22)/b9-8+/t16-/m1/s1. The number of thiazole rings is 1. The SMILES string of the molecule is O=C(/C=C/c1cscn1)N[C@H](Cc1ccccc1)C(=O)NC1CC1. The molecule has 0 radical (unpaired) electrons. The number of carbonyl (C=O) groups is 2. The zero-order valence-corrected chi connectivity index (χ0v) is 14.0. The summed E-state index contributed by atoms with van der Waals surface area (Å²) in [6.45, 7) is 0. The number of hydrogen-bond acceptors (Lipinski definition) is 4. The summed E-state index contributed by atoms with van der Waals surface area (Å²) < 4.78 is 0. The highest BCUT2D eigenvalue weighted by Gasteiger charge is 2.28. The third-order valence-electron chi connectivity index (χ3n) is 3.70. The first-order chi connectivity index (χ1) is 11.7. The molecule has 0 spiro atoms. The Balaban J connectivity index is 1.64. The van der Waals surface area contributed by atoms with E-state index in [0.717, 1.165) is 24.1 Å². The van der Waals surface area contributed by atoms with Gasteiger partial charge in [-0.3, -0.25) is 9.59 Å². The topological polar surface area (TPSA) is 71.1 Å². The van der Waals surface area contributed by atoms with Crippen molar-refractivity contribution in [3.05, 3.63) is 58.6 Å². The predicted molar refractivity (Wildman–Crippen MR) is 94.4 cm³/mol. The molecule has 1 atom stereocenters. The number of amides is 2. The van der Waals surface area contributed by atoms with E-state index in [4.69, 9.17) is 0 Å². The Labute approximate surface area is 144 Å². The Bertz CT molecular complexity index is 709. The molecule has 2 N–H and O–H groups in total. The largest absolute Gasteiger partial charge is 0.352 e. The molecule has 0 unspecified atom stereocenters. The molecule has 6 heteroatoms. The highest BCUT2D eigenvalue weighted by molar-refractivity contribution is 7.07. The van der Waals surface area contributed by atoms with Crippen LogP contribution in [0.5, 0.6) is 0 Å². The average molecular weight is 341 g/mol. The summed E-state index contributed by atoms with van der Waals surface area (Å²) in [7, 11) is 0. The van der Waals surface area contributed by atoms with Gasteiger partial charge in [0.25, 0.3) is 0 Å². The fourth-order valence-corrected chi connectivity index (χ4v) is 2.80. The lowest BCUT2D eigenvalue weighted by Crippen LogP contribution is -2.48. The Morgan fingerprint density at radius 2 is 2.08 bits per heavy atom. The van der Waals surface area contributed by atoms with E-state index in [0.29, 0.717) is 6.42 Å². The van der Waals surface area contributed by atoms with Crippen molar-refractivity contribution in [2.75, 3.05) is 0 Å². The lowest BCUT2D eigenvalue weighted by Gasteiger charge is -2.17. The van der Waals surface area contributed by atoms with Gasteiger partial charge in [0.1, 0.15) is 6.04 Å². The summed E-state index contributed by atoms with van der Waals surface area (Å²) in [5, 5.41) is 7.61. The predicted octanol–water partition coefficient (Wildman–Crippen LogP) is 2.16. The Kier molecular flexibility index (Phi) is 5.38. The molecule has 0 saturated heterocycles. The van der Waals surface area contributed by atoms with Crippen molar-refractivity contribution in [3.63, 3.8) is 0 Å². The van der Waals surface area contributed by atoms with Crippen molar-refractivity contribution in [1.82, 2.24) is 15.6 Å². The van der Waals surface area contributed by atoms with Gasteiger partial charge in [0.15, 0.2) is 0 Å². The Hall–Kier alpha value is -2.47. The van der Waals surface area contributed by atoms with Crippen molar-refractivity contribution in [2.24, 2.45) is 0 Å². The quantitative estimate of drug-likeness (QED) is 0.758. The average Bonchev–Trinajstić information content (AvgIpc) is 3.24. The van der Waals surface area contributed by atoms with Crippen LogP contribution in [-0.4, -0.2) is 28.9 Å². The van der Waals surface area contributed by atoms with Gasteiger partial charge in [-0.2, -0.15) is 0 Å². The van der Waals surface area contributed by atoms with Crippen LogP contribution in [0.25, 0.3) is 6.08 Å². The van der Waals surface area contributed by atoms with Crippen LogP contribution >= 0.6 is 11.3 Å². The molecule has 1 aromatic carbocycles. The molecule has 1 aliphatic carbocycles. The minimum atomic E-state index is -0.583. The van der Waals surface area contributed by atoms with Crippen LogP contribution in [0.3, 0.4) is 0 Å². The summed E-state index contributed by atoms with van der Waals surface area (Å²) >= 11 is 1.47. The number of benzene rings is 1. The van der Waals surface area contributed by atoms with Crippen LogP contribution < -0.4 is 10.6 Å². The second-order valence-corrected chi connectivity index (χ2v) is 6.50. The van der Waals surface area contributed by atoms with Crippen LogP contribution in [0.15, 0.2) is 47.3 Å². The van der Waals surface area contributed by atoms with E-state index in [1.165, 1.54) is 17.4 Å². The van der Waals surface area contributed by atoms with E-state index in [-0.39, 0.29) is 17.9 Å². The zero-order valence-electron chi connectivity index (χ0n) is 13.1. The summed E-state index contributed by atoms with van der Waals surface area (Å²) in [5.74, 6) is -0.424. The van der Waals surface area contributed by atoms with Gasteiger partial charge in [-0.05, 0) is 24.5 Å². The van der Waals surface area contributed by atoms with Crippen molar-refractivity contribution in [3.8, 4) is 0 Å². The third kappa shape index (κ3) is 5.03. The molecule has 0 bridgehead atoms. The molecular weight excluding hydrogens is 322 g/mol. The van der Waals surface area contributed by atoms with E-state index < -0.39 is 6.04 Å². The van der Waals surface area contributed by atoms with Crippen LogP contribution in [-0.2, 0) is 16.0 Å². The van der Waals surface area contributed by atoms with E-state index in [2.05, 4.69) is 15.6 Å². The first-order valence-corrected chi connectivity index (χ1v) is 8.86. The van der Waals surface area contributed by atoms with Crippen LogP contribution in [0.1, 0.15) is 24.1 Å². The lowest BCUT2D eigenvalue weighted by atomic mass is 10.1. The number of hydrogen-bond donors (Lipinski definition) is 2. The Morgan fingerprint density at radius 1 is 1.29 bits per heavy atom. The monoisotopic (exact) mass is 341 g/mol. The molecule has 2 amide bonds. The number of nitrogens with one attached hydrogen (secondary N) is 2. The van der Waals surface area contributed by atoms with Crippen molar-refractivity contribution < 1.29 is 9.59 Å². The van der Waals surface area contributed by atoms with Crippen molar-refractivity contribution in [1.29, 1.82) is 0 Å². The fraction of sp³-hybridized carbons (Fsp3) is 0.278. The minimum Gasteiger partial charge on any atom is -0.352 e. The van der Waals surface area contributed by atoms with Gasteiger partial charge in [0.05, 0.1) is 11.2 Å². The van der Waals surface area contributed by atoms with Crippen molar-refractivity contribution in [2.45, 2.75) is 31.3 Å². The van der Waals surface area contributed by atoms with E-state index in [1.54, 1.807) is 11.6 Å². The van der Waals surface area contributed by atoms with Gasteiger partial charge >= 0.3 is 0 Å². The number of aromatic nitrogens is 1. The van der Waals surface area contributed by atoms with Crippen LogP contribution in [0.2, 0.25) is 0 Å². The normalized spacial score (nSPS) is 15.2. The molecule has 1 aromatic heterocycles. The van der Waals surface area contributed by atoms with E-state index in [1.807, 2.05) is 35.7 Å². The van der Waals surface area contributed by atoms with Crippen molar-refractivity contribution >= 4 is 29.2 Å². The number of nitrogens with zero attached hydrogens (tertiary/aromatic N) is 1. The van der Waals surface area contributed by atoms with Gasteiger partial charge in [0.2, 0.25) is 11.8 Å². The zero-order chi connectivity index (χ0) is 16.8. The summed E-state index contributed by atoms with van der Waals surface area (Å²) in [5.41, 5.74) is 3.45. The molecule has 0 aliphatic heterocycles. The highest BCUT2D eigenvalue weighted by Crippen LogP contribution is 2.19. The maximum Gasteiger partial charge on any atom is 0.244 e. The summed E-state index contributed by atoms with van der Waals surface area (Å²) in [6.07, 6.45) is 5.56. The molecule has 1 fully saturated rings. The lowest BCUT2D eigenvalue weighted by molar-refractivity contribution is -0.127. The molecule has 1 saturated carbocycles. The minimum absolute atomic E-state index is 0.128. The highest BCUT2D eigenvalue weighted by atomic mass is 32.1. The number of carbonyl (C=O) groups excluding carboxylic acids is 2. The first-order valence-electron chi connectivity index (χ1n) is 7.92. The Morgan fingerprint density at radius 3 is 2.75 bits per heavy atom. The third-order valence-corrected chi connectivity index (χ3v) is 4.30. The van der Waals surface area contributed by atoms with Gasteiger partial charge in [-0.25, -0.2) is 4.98 Å². The smallest absolute Gasteiger partial charge is 0.244 e. The molecule has 5 nitrogen and oxygen atoms in total. The maximum absolute atomic E-state index is 12.4. The van der Waals surface area contributed by atoms with Gasteiger partial charge < -0.3 is 10.6 Å². The second-order valence-electron chi connectivity index (χ2n) is 5.78. The van der Waals surface area contributed by atoms with Gasteiger partial charge in [0, 0.05) is 23.9 Å². The molecule has 24 heavy (non-hydrogen) atoms. The molecule has 124 valence electrons. The molecule has 1 heterocycles. The summed E-state index contributed by atoms with van der Waals surface area (Å²) in [6, 6.07) is 9.37. The molecular formula is C18H19N3O2S. The number of rotatable bonds is 7. The second kappa shape index (κ2) is 7.88. The van der Waals surface area contributed by atoms with E-state index >= 15 is 0 Å².